The van der Waals surface area contributed by atoms with Gasteiger partial charge in [0, 0.05) is 37.0 Å². The highest BCUT2D eigenvalue weighted by molar-refractivity contribution is 7.26. The van der Waals surface area contributed by atoms with Crippen molar-refractivity contribution in [1.29, 1.82) is 0 Å². The normalized spacial score (nSPS) is 13.3. The van der Waals surface area contributed by atoms with E-state index < -0.39 is 0 Å². The molecule has 1 nitrogen and oxygen atoms in total. The quantitative estimate of drug-likeness (QED) is 0.196. The molecule has 0 unspecified atom stereocenters. The molecule has 45 heavy (non-hydrogen) atoms. The molecule has 0 bridgehead atoms. The number of hydrogen-bond acceptors (Lipinski definition) is 2. The van der Waals surface area contributed by atoms with Crippen LogP contribution in [0.25, 0.3) is 53.2 Å². The predicted molar refractivity (Wildman–Crippen MR) is 195 cm³/mol. The molecule has 1 aliphatic carbocycles. The Morgan fingerprint density at radius 2 is 1.16 bits per heavy atom. The zero-order valence-corrected chi connectivity index (χ0v) is 26.1. The van der Waals surface area contributed by atoms with E-state index in [1.165, 1.54) is 75.7 Å². The van der Waals surface area contributed by atoms with Gasteiger partial charge in [-0.1, -0.05) is 123 Å². The van der Waals surface area contributed by atoms with Crippen molar-refractivity contribution in [3.8, 4) is 22.3 Å². The van der Waals surface area contributed by atoms with Gasteiger partial charge in [0.1, 0.15) is 0 Å². The van der Waals surface area contributed by atoms with Crippen LogP contribution in [-0.4, -0.2) is 0 Å². The van der Waals surface area contributed by atoms with E-state index in [4.69, 9.17) is 0 Å². The molecule has 0 saturated carbocycles. The Balaban J connectivity index is 1.30. The Morgan fingerprint density at radius 3 is 2.09 bits per heavy atom. The first kappa shape index (κ1) is 26.2. The molecule has 0 atom stereocenters. The molecule has 1 aromatic heterocycles. The average molecular weight is 594 g/mol. The zero-order chi connectivity index (χ0) is 30.1. The molecular weight excluding hydrogens is 563 g/mol. The summed E-state index contributed by atoms with van der Waals surface area (Å²) >= 11 is 1.87. The van der Waals surface area contributed by atoms with Crippen LogP contribution in [0.1, 0.15) is 25.0 Å². The Bertz CT molecular complexity index is 2420. The predicted octanol–water partition coefficient (Wildman–Crippen LogP) is 12.7. The second-order valence-corrected chi connectivity index (χ2v) is 13.6. The van der Waals surface area contributed by atoms with Crippen molar-refractivity contribution < 1.29 is 0 Å². The topological polar surface area (TPSA) is 3.24 Å². The number of rotatable bonds is 4. The maximum absolute atomic E-state index is 2.48. The van der Waals surface area contributed by atoms with Gasteiger partial charge < -0.3 is 4.90 Å². The summed E-state index contributed by atoms with van der Waals surface area (Å²) < 4.78 is 2.62. The van der Waals surface area contributed by atoms with E-state index in [0.717, 1.165) is 5.69 Å². The van der Waals surface area contributed by atoms with Gasteiger partial charge in [-0.25, -0.2) is 0 Å². The molecule has 0 saturated heterocycles. The number of benzene rings is 7. The molecule has 0 aliphatic heterocycles. The van der Waals surface area contributed by atoms with E-state index in [1.54, 1.807) is 0 Å². The van der Waals surface area contributed by atoms with Crippen LogP contribution in [-0.2, 0) is 5.41 Å². The van der Waals surface area contributed by atoms with Crippen LogP contribution in [0.5, 0.6) is 0 Å². The lowest BCUT2D eigenvalue weighted by Gasteiger charge is -2.29. The van der Waals surface area contributed by atoms with E-state index in [-0.39, 0.29) is 5.41 Å². The molecule has 8 aromatic rings. The maximum atomic E-state index is 2.48. The lowest BCUT2D eigenvalue weighted by atomic mass is 9.82. The fourth-order valence-corrected chi connectivity index (χ4v) is 8.62. The monoisotopic (exact) mass is 593 g/mol. The average Bonchev–Trinajstić information content (AvgIpc) is 3.58. The highest BCUT2D eigenvalue weighted by Gasteiger charge is 2.35. The molecule has 214 valence electrons. The van der Waals surface area contributed by atoms with Crippen LogP contribution in [0.15, 0.2) is 152 Å². The Hall–Kier alpha value is -5.18. The SMILES string of the molecule is CC1(C)c2ccccc2-c2ccc(N(c3cccc(-c4cccc5ccccc45)c3)c3cccc4sc5ccccc5c34)cc21. The minimum absolute atomic E-state index is 0.0838. The van der Waals surface area contributed by atoms with Crippen molar-refractivity contribution in [3.63, 3.8) is 0 Å². The van der Waals surface area contributed by atoms with Crippen molar-refractivity contribution in [3.05, 3.63) is 163 Å². The van der Waals surface area contributed by atoms with Crippen LogP contribution in [0.3, 0.4) is 0 Å². The van der Waals surface area contributed by atoms with Crippen LogP contribution in [0.4, 0.5) is 17.1 Å². The largest absolute Gasteiger partial charge is 0.310 e. The van der Waals surface area contributed by atoms with Crippen molar-refractivity contribution in [2.75, 3.05) is 4.90 Å². The highest BCUT2D eigenvalue weighted by atomic mass is 32.1. The first-order chi connectivity index (χ1) is 22.1. The molecule has 1 aliphatic rings. The zero-order valence-electron chi connectivity index (χ0n) is 25.3. The van der Waals surface area contributed by atoms with Gasteiger partial charge in [0.05, 0.1) is 5.69 Å². The molecule has 1 heterocycles. The number of anilines is 3. The third kappa shape index (κ3) is 3.99. The molecule has 0 spiro atoms. The third-order valence-corrected chi connectivity index (χ3v) is 10.8. The first-order valence-electron chi connectivity index (χ1n) is 15.6. The fraction of sp³-hybridized carbons (Fsp3) is 0.0698. The molecular formula is C43H31NS. The van der Waals surface area contributed by atoms with Crippen molar-refractivity contribution >= 4 is 59.3 Å². The summed E-state index contributed by atoms with van der Waals surface area (Å²) in [7, 11) is 0. The molecule has 7 aromatic carbocycles. The van der Waals surface area contributed by atoms with E-state index in [1.807, 2.05) is 11.3 Å². The summed E-state index contributed by atoms with van der Waals surface area (Å²) in [6, 6.07) is 55.9. The van der Waals surface area contributed by atoms with Crippen molar-refractivity contribution in [2.45, 2.75) is 19.3 Å². The van der Waals surface area contributed by atoms with Gasteiger partial charge >= 0.3 is 0 Å². The van der Waals surface area contributed by atoms with Gasteiger partial charge in [0.25, 0.3) is 0 Å². The fourth-order valence-electron chi connectivity index (χ4n) is 7.49. The van der Waals surface area contributed by atoms with Crippen LogP contribution in [0, 0.1) is 0 Å². The molecule has 9 rings (SSSR count). The second kappa shape index (κ2) is 9.92. The van der Waals surface area contributed by atoms with Crippen LogP contribution in [0.2, 0.25) is 0 Å². The highest BCUT2D eigenvalue weighted by Crippen LogP contribution is 2.52. The lowest BCUT2D eigenvalue weighted by molar-refractivity contribution is 0.660. The van der Waals surface area contributed by atoms with Crippen molar-refractivity contribution in [2.24, 2.45) is 0 Å². The standard InChI is InChI=1S/C43H31NS/c1-43(2)37-20-7-5-17-34(37)35-25-24-31(27-38(35)43)44(39-21-11-23-41-42(39)36-18-6-8-22-40(36)45-41)30-15-9-14-29(26-30)33-19-10-13-28-12-3-4-16-32(28)33/h3-27H,1-2H3. The Kier molecular flexibility index (Phi) is 5.78. The molecule has 0 amide bonds. The minimum Gasteiger partial charge on any atom is -0.310 e. The summed E-state index contributed by atoms with van der Waals surface area (Å²) in [6.07, 6.45) is 0. The molecule has 0 fully saturated rings. The smallest absolute Gasteiger partial charge is 0.0554 e. The van der Waals surface area contributed by atoms with Gasteiger partial charge in [0.2, 0.25) is 0 Å². The second-order valence-electron chi connectivity index (χ2n) is 12.6. The van der Waals surface area contributed by atoms with Crippen LogP contribution >= 0.6 is 11.3 Å². The summed E-state index contributed by atoms with van der Waals surface area (Å²) in [5.41, 5.74) is 11.4. The number of thiophene rings is 1. The van der Waals surface area contributed by atoms with Crippen LogP contribution < -0.4 is 4.90 Å². The Morgan fingerprint density at radius 1 is 0.489 bits per heavy atom. The Labute approximate surface area is 267 Å². The van der Waals surface area contributed by atoms with Gasteiger partial charge in [-0.05, 0) is 86.6 Å². The van der Waals surface area contributed by atoms with Gasteiger partial charge in [0.15, 0.2) is 0 Å². The summed E-state index contributed by atoms with van der Waals surface area (Å²) in [5.74, 6) is 0. The van der Waals surface area contributed by atoms with E-state index >= 15 is 0 Å². The molecule has 2 heteroatoms. The first-order valence-corrected chi connectivity index (χ1v) is 16.4. The van der Waals surface area contributed by atoms with Gasteiger partial charge in [-0.2, -0.15) is 0 Å². The third-order valence-electron chi connectivity index (χ3n) is 9.65. The summed E-state index contributed by atoms with van der Waals surface area (Å²) in [6.45, 7) is 4.72. The van der Waals surface area contributed by atoms with Crippen molar-refractivity contribution in [1.82, 2.24) is 0 Å². The van der Waals surface area contributed by atoms with E-state index in [9.17, 15) is 0 Å². The lowest BCUT2D eigenvalue weighted by Crippen LogP contribution is -2.16. The van der Waals surface area contributed by atoms with Gasteiger partial charge in [-0.3, -0.25) is 0 Å². The number of hydrogen-bond donors (Lipinski definition) is 0. The minimum atomic E-state index is -0.0838. The summed E-state index contributed by atoms with van der Waals surface area (Å²) in [5, 5.41) is 5.13. The molecule has 0 radical (unpaired) electrons. The number of nitrogens with zero attached hydrogens (tertiary/aromatic N) is 1. The maximum Gasteiger partial charge on any atom is 0.0554 e. The van der Waals surface area contributed by atoms with Gasteiger partial charge in [-0.15, -0.1) is 11.3 Å². The van der Waals surface area contributed by atoms with E-state index in [2.05, 4.69) is 170 Å². The number of fused-ring (bicyclic) bond motifs is 7. The van der Waals surface area contributed by atoms with E-state index in [0.29, 0.717) is 0 Å². The molecule has 0 N–H and O–H groups in total. The summed E-state index contributed by atoms with van der Waals surface area (Å²) in [4.78, 5) is 2.48.